The Morgan fingerprint density at radius 1 is 0.917 bits per heavy atom. The predicted molar refractivity (Wildman–Crippen MR) is 96.5 cm³/mol. The van der Waals surface area contributed by atoms with Gasteiger partial charge in [-0.05, 0) is 18.1 Å². The minimum Gasteiger partial charge on any atom is -0.481 e. The quantitative estimate of drug-likeness (QED) is 0.745. The minimum absolute atomic E-state index is 0.225. The molecule has 1 N–H and O–H groups in total. The molecule has 0 amide bonds. The largest absolute Gasteiger partial charge is 0.481 e. The number of benzene rings is 2. The molecule has 1 heterocycles. The number of aryl methyl sites for hydroxylation is 1. The van der Waals surface area contributed by atoms with E-state index in [0.29, 0.717) is 18.4 Å². The van der Waals surface area contributed by atoms with Crippen LogP contribution in [0.1, 0.15) is 22.7 Å². The lowest BCUT2D eigenvalue weighted by Crippen LogP contribution is -2.16. The fourth-order valence-electron chi connectivity index (χ4n) is 2.72. The molecular formula is C20H21N3O. The normalized spacial score (nSPS) is 10.6. The SMILES string of the molecule is COc1cc(C)nc(NCC(c2ccccc2)c2ccccc2)n1. The van der Waals surface area contributed by atoms with Gasteiger partial charge in [0.2, 0.25) is 11.8 Å². The van der Waals surface area contributed by atoms with E-state index in [1.165, 1.54) is 11.1 Å². The molecule has 0 saturated heterocycles. The first-order valence-corrected chi connectivity index (χ1v) is 7.99. The second kappa shape index (κ2) is 7.59. The van der Waals surface area contributed by atoms with Crippen molar-refractivity contribution in [3.63, 3.8) is 0 Å². The monoisotopic (exact) mass is 319 g/mol. The van der Waals surface area contributed by atoms with Gasteiger partial charge in [-0.1, -0.05) is 60.7 Å². The van der Waals surface area contributed by atoms with E-state index in [-0.39, 0.29) is 5.92 Å². The molecule has 0 unspecified atom stereocenters. The van der Waals surface area contributed by atoms with Crippen LogP contribution in [0, 0.1) is 6.92 Å². The van der Waals surface area contributed by atoms with Gasteiger partial charge in [0, 0.05) is 24.2 Å². The number of ether oxygens (including phenoxy) is 1. The Morgan fingerprint density at radius 3 is 2.04 bits per heavy atom. The summed E-state index contributed by atoms with van der Waals surface area (Å²) < 4.78 is 5.22. The van der Waals surface area contributed by atoms with Crippen LogP contribution in [0.4, 0.5) is 5.95 Å². The first-order valence-electron chi connectivity index (χ1n) is 7.99. The smallest absolute Gasteiger partial charge is 0.226 e. The number of methoxy groups -OCH3 is 1. The van der Waals surface area contributed by atoms with Crippen molar-refractivity contribution in [1.82, 2.24) is 9.97 Å². The summed E-state index contributed by atoms with van der Waals surface area (Å²) in [6.45, 7) is 2.64. The van der Waals surface area contributed by atoms with Crippen LogP contribution in [0.5, 0.6) is 5.88 Å². The lowest BCUT2D eigenvalue weighted by atomic mass is 9.91. The number of nitrogens with zero attached hydrogens (tertiary/aromatic N) is 2. The molecule has 2 aromatic carbocycles. The van der Waals surface area contributed by atoms with E-state index in [1.54, 1.807) is 7.11 Å². The van der Waals surface area contributed by atoms with Crippen molar-refractivity contribution in [2.45, 2.75) is 12.8 Å². The molecule has 0 atom stereocenters. The van der Waals surface area contributed by atoms with Crippen molar-refractivity contribution in [3.8, 4) is 5.88 Å². The number of rotatable bonds is 6. The van der Waals surface area contributed by atoms with E-state index in [9.17, 15) is 0 Å². The lowest BCUT2D eigenvalue weighted by Gasteiger charge is -2.19. The molecule has 0 spiro atoms. The van der Waals surface area contributed by atoms with Crippen LogP contribution in [0.25, 0.3) is 0 Å². The summed E-state index contributed by atoms with van der Waals surface area (Å²) in [6.07, 6.45) is 0. The summed E-state index contributed by atoms with van der Waals surface area (Å²) in [4.78, 5) is 8.81. The maximum absolute atomic E-state index is 5.22. The Bertz CT molecular complexity index is 736. The van der Waals surface area contributed by atoms with Gasteiger partial charge in [0.15, 0.2) is 0 Å². The van der Waals surface area contributed by atoms with E-state index in [1.807, 2.05) is 25.1 Å². The summed E-state index contributed by atoms with van der Waals surface area (Å²) in [5.74, 6) is 1.38. The topological polar surface area (TPSA) is 47.0 Å². The van der Waals surface area contributed by atoms with Crippen molar-refractivity contribution >= 4 is 5.95 Å². The molecule has 24 heavy (non-hydrogen) atoms. The number of anilines is 1. The molecule has 0 fully saturated rings. The first kappa shape index (κ1) is 16.0. The number of aromatic nitrogens is 2. The molecule has 3 rings (SSSR count). The van der Waals surface area contributed by atoms with Gasteiger partial charge in [-0.3, -0.25) is 0 Å². The van der Waals surface area contributed by atoms with Crippen molar-refractivity contribution in [2.24, 2.45) is 0 Å². The highest BCUT2D eigenvalue weighted by atomic mass is 16.5. The number of nitrogens with one attached hydrogen (secondary N) is 1. The van der Waals surface area contributed by atoms with E-state index < -0.39 is 0 Å². The van der Waals surface area contributed by atoms with Gasteiger partial charge in [0.05, 0.1) is 7.11 Å². The Balaban J connectivity index is 1.84. The number of hydrogen-bond donors (Lipinski definition) is 1. The Morgan fingerprint density at radius 2 is 1.50 bits per heavy atom. The van der Waals surface area contributed by atoms with E-state index in [4.69, 9.17) is 4.74 Å². The average molecular weight is 319 g/mol. The van der Waals surface area contributed by atoms with Crippen LogP contribution < -0.4 is 10.1 Å². The predicted octanol–water partition coefficient (Wildman–Crippen LogP) is 4.04. The van der Waals surface area contributed by atoms with Gasteiger partial charge < -0.3 is 10.1 Å². The summed E-state index contributed by atoms with van der Waals surface area (Å²) >= 11 is 0. The minimum atomic E-state index is 0.225. The zero-order valence-corrected chi connectivity index (χ0v) is 13.9. The summed E-state index contributed by atoms with van der Waals surface area (Å²) in [6, 6.07) is 22.8. The molecule has 4 heteroatoms. The molecule has 0 aliphatic rings. The van der Waals surface area contributed by atoms with E-state index in [2.05, 4.69) is 63.8 Å². The van der Waals surface area contributed by atoms with Crippen LogP contribution in [-0.2, 0) is 0 Å². The standard InChI is InChI=1S/C20H21N3O/c1-15-13-19(24-2)23-20(22-15)21-14-18(16-9-5-3-6-10-16)17-11-7-4-8-12-17/h3-13,18H,14H2,1-2H3,(H,21,22,23). The molecule has 0 bridgehead atoms. The van der Waals surface area contributed by atoms with Crippen molar-refractivity contribution in [1.29, 1.82) is 0 Å². The maximum Gasteiger partial charge on any atom is 0.226 e. The molecule has 3 aromatic rings. The van der Waals surface area contributed by atoms with Crippen molar-refractivity contribution in [2.75, 3.05) is 19.0 Å². The summed E-state index contributed by atoms with van der Waals surface area (Å²) in [5, 5.41) is 3.36. The third kappa shape index (κ3) is 3.90. The van der Waals surface area contributed by atoms with Crippen molar-refractivity contribution < 1.29 is 4.74 Å². The summed E-state index contributed by atoms with van der Waals surface area (Å²) in [7, 11) is 1.61. The van der Waals surface area contributed by atoms with Gasteiger partial charge in [-0.15, -0.1) is 0 Å². The highest BCUT2D eigenvalue weighted by Gasteiger charge is 2.14. The third-order valence-electron chi connectivity index (χ3n) is 3.91. The lowest BCUT2D eigenvalue weighted by molar-refractivity contribution is 0.397. The van der Waals surface area contributed by atoms with Gasteiger partial charge in [0.1, 0.15) is 0 Å². The molecule has 4 nitrogen and oxygen atoms in total. The Kier molecular flexibility index (Phi) is 5.06. The van der Waals surface area contributed by atoms with Crippen LogP contribution in [-0.4, -0.2) is 23.6 Å². The molecule has 0 radical (unpaired) electrons. The van der Waals surface area contributed by atoms with Gasteiger partial charge in [0.25, 0.3) is 0 Å². The first-order chi connectivity index (χ1) is 11.8. The molecule has 122 valence electrons. The second-order valence-corrected chi connectivity index (χ2v) is 5.63. The van der Waals surface area contributed by atoms with E-state index in [0.717, 1.165) is 5.69 Å². The molecule has 0 aliphatic carbocycles. The van der Waals surface area contributed by atoms with Gasteiger partial charge in [-0.25, -0.2) is 4.98 Å². The zero-order chi connectivity index (χ0) is 16.8. The Hall–Kier alpha value is -2.88. The van der Waals surface area contributed by atoms with Gasteiger partial charge in [-0.2, -0.15) is 4.98 Å². The fraction of sp³-hybridized carbons (Fsp3) is 0.200. The molecule has 0 saturated carbocycles. The van der Waals surface area contributed by atoms with Crippen LogP contribution >= 0.6 is 0 Å². The number of hydrogen-bond acceptors (Lipinski definition) is 4. The highest BCUT2D eigenvalue weighted by Crippen LogP contribution is 2.25. The van der Waals surface area contributed by atoms with Crippen LogP contribution in [0.15, 0.2) is 66.7 Å². The highest BCUT2D eigenvalue weighted by molar-refractivity contribution is 5.37. The molecular weight excluding hydrogens is 298 g/mol. The Labute approximate surface area is 142 Å². The second-order valence-electron chi connectivity index (χ2n) is 5.63. The molecule has 1 aromatic heterocycles. The van der Waals surface area contributed by atoms with Crippen LogP contribution in [0.2, 0.25) is 0 Å². The summed E-state index contributed by atoms with van der Waals surface area (Å²) in [5.41, 5.74) is 3.40. The molecule has 0 aliphatic heterocycles. The van der Waals surface area contributed by atoms with Crippen LogP contribution in [0.3, 0.4) is 0 Å². The van der Waals surface area contributed by atoms with Gasteiger partial charge >= 0.3 is 0 Å². The zero-order valence-electron chi connectivity index (χ0n) is 13.9. The van der Waals surface area contributed by atoms with E-state index >= 15 is 0 Å². The third-order valence-corrected chi connectivity index (χ3v) is 3.91. The van der Waals surface area contributed by atoms with Crippen molar-refractivity contribution in [3.05, 3.63) is 83.6 Å². The maximum atomic E-state index is 5.22. The average Bonchev–Trinajstić information content (AvgIpc) is 2.63. The fourth-order valence-corrected chi connectivity index (χ4v) is 2.72.